The second-order valence-corrected chi connectivity index (χ2v) is 13.6. The van der Waals surface area contributed by atoms with Crippen molar-refractivity contribution < 1.29 is 4.42 Å². The molecule has 0 fully saturated rings. The van der Waals surface area contributed by atoms with Crippen molar-refractivity contribution in [2.45, 2.75) is 0 Å². The summed E-state index contributed by atoms with van der Waals surface area (Å²) in [4.78, 5) is 2.42. The van der Waals surface area contributed by atoms with Crippen molar-refractivity contribution in [2.75, 3.05) is 4.90 Å². The van der Waals surface area contributed by atoms with Gasteiger partial charge in [0.1, 0.15) is 11.2 Å². The lowest BCUT2D eigenvalue weighted by atomic mass is 9.97. The van der Waals surface area contributed by atoms with Gasteiger partial charge in [0.2, 0.25) is 0 Å². The smallest absolute Gasteiger partial charge is 0.143 e. The van der Waals surface area contributed by atoms with E-state index in [9.17, 15) is 0 Å². The summed E-state index contributed by atoms with van der Waals surface area (Å²) in [5.74, 6) is 0. The second-order valence-electron chi connectivity index (χ2n) is 12.5. The van der Waals surface area contributed by atoms with Crippen LogP contribution in [0.15, 0.2) is 180 Å². The molecular weight excluding hydrogens is 615 g/mol. The summed E-state index contributed by atoms with van der Waals surface area (Å²) in [6, 6.07) is 63.2. The SMILES string of the molecule is c1ccc(-c2ccc(N(c3cccc(-c4cccc5oc6c7ccccc7ccc6c45)c3)c3cccc4sc5ccccc5c34)cc2)cc1. The van der Waals surface area contributed by atoms with Gasteiger partial charge in [-0.15, -0.1) is 11.3 Å². The number of benzene rings is 8. The molecule has 2 aromatic heterocycles. The number of fused-ring (bicyclic) bond motifs is 8. The predicted octanol–water partition coefficient (Wildman–Crippen LogP) is 13.9. The molecule has 2 nitrogen and oxygen atoms in total. The molecule has 3 heteroatoms. The van der Waals surface area contributed by atoms with E-state index >= 15 is 0 Å². The summed E-state index contributed by atoms with van der Waals surface area (Å²) in [6.45, 7) is 0. The van der Waals surface area contributed by atoms with Gasteiger partial charge in [-0.25, -0.2) is 0 Å². The summed E-state index contributed by atoms with van der Waals surface area (Å²) in [5.41, 5.74) is 9.92. The Bertz CT molecular complexity index is 2830. The van der Waals surface area contributed by atoms with E-state index in [-0.39, 0.29) is 0 Å². The van der Waals surface area contributed by atoms with E-state index in [1.54, 1.807) is 0 Å². The zero-order valence-electron chi connectivity index (χ0n) is 26.5. The molecule has 0 bridgehead atoms. The molecule has 2 heterocycles. The Morgan fingerprint density at radius 3 is 2.04 bits per heavy atom. The maximum absolute atomic E-state index is 6.56. The molecule has 0 saturated heterocycles. The molecule has 0 aliphatic rings. The standard InChI is InChI=1S/C46H29NOS/c1-2-11-30(12-3-1)31-23-26-34(27-24-31)47(40-19-10-22-43-45(40)38-17-6-7-21-42(38)49-43)35-15-8-14-33(29-35)36-18-9-20-41-44(36)39-28-25-32-13-4-5-16-37(32)46(39)48-41/h1-29H. The molecule has 0 aliphatic carbocycles. The first kappa shape index (κ1) is 27.9. The van der Waals surface area contributed by atoms with Gasteiger partial charge in [-0.1, -0.05) is 121 Å². The summed E-state index contributed by atoms with van der Waals surface area (Å²) < 4.78 is 9.14. The Morgan fingerprint density at radius 2 is 1.14 bits per heavy atom. The fourth-order valence-corrected chi connectivity index (χ4v) is 8.54. The molecular formula is C46H29NOS. The Hall–Kier alpha value is -6.16. The number of furan rings is 1. The highest BCUT2D eigenvalue weighted by Crippen LogP contribution is 2.46. The molecule has 0 aliphatic heterocycles. The number of hydrogen-bond donors (Lipinski definition) is 0. The molecule has 0 saturated carbocycles. The van der Waals surface area contributed by atoms with Gasteiger partial charge < -0.3 is 9.32 Å². The zero-order chi connectivity index (χ0) is 32.3. The summed E-state index contributed by atoms with van der Waals surface area (Å²) >= 11 is 1.85. The van der Waals surface area contributed by atoms with Gasteiger partial charge in [0.15, 0.2) is 0 Å². The highest BCUT2D eigenvalue weighted by Gasteiger charge is 2.20. The van der Waals surface area contributed by atoms with Crippen molar-refractivity contribution in [3.05, 3.63) is 176 Å². The lowest BCUT2D eigenvalue weighted by Gasteiger charge is -2.27. The number of thiophene rings is 1. The van der Waals surface area contributed by atoms with Gasteiger partial charge in [-0.05, 0) is 82.2 Å². The van der Waals surface area contributed by atoms with Crippen LogP contribution in [-0.4, -0.2) is 0 Å². The van der Waals surface area contributed by atoms with Crippen molar-refractivity contribution >= 4 is 81.3 Å². The van der Waals surface area contributed by atoms with Crippen LogP contribution in [0.5, 0.6) is 0 Å². The van der Waals surface area contributed by atoms with E-state index in [1.807, 2.05) is 11.3 Å². The van der Waals surface area contributed by atoms with Crippen molar-refractivity contribution in [2.24, 2.45) is 0 Å². The highest BCUT2D eigenvalue weighted by atomic mass is 32.1. The van der Waals surface area contributed by atoms with Crippen molar-refractivity contribution in [3.8, 4) is 22.3 Å². The number of nitrogens with zero attached hydrogens (tertiary/aromatic N) is 1. The van der Waals surface area contributed by atoms with Crippen LogP contribution in [0.4, 0.5) is 17.1 Å². The molecule has 0 radical (unpaired) electrons. The van der Waals surface area contributed by atoms with Crippen molar-refractivity contribution in [3.63, 3.8) is 0 Å². The minimum Gasteiger partial charge on any atom is -0.455 e. The third-order valence-corrected chi connectivity index (χ3v) is 10.8. The monoisotopic (exact) mass is 643 g/mol. The van der Waals surface area contributed by atoms with E-state index in [0.29, 0.717) is 0 Å². The van der Waals surface area contributed by atoms with E-state index in [1.165, 1.54) is 36.7 Å². The van der Waals surface area contributed by atoms with Gasteiger partial charge in [0.25, 0.3) is 0 Å². The van der Waals surface area contributed by atoms with Gasteiger partial charge >= 0.3 is 0 Å². The highest BCUT2D eigenvalue weighted by molar-refractivity contribution is 7.26. The van der Waals surface area contributed by atoms with Crippen LogP contribution in [0.25, 0.3) is 75.1 Å². The maximum atomic E-state index is 6.56. The van der Waals surface area contributed by atoms with E-state index in [4.69, 9.17) is 4.42 Å². The average Bonchev–Trinajstić information content (AvgIpc) is 3.75. The first-order chi connectivity index (χ1) is 24.3. The first-order valence-corrected chi connectivity index (χ1v) is 17.4. The minimum atomic E-state index is 0.900. The fraction of sp³-hybridized carbons (Fsp3) is 0. The topological polar surface area (TPSA) is 16.4 Å². The quantitative estimate of drug-likeness (QED) is 0.186. The van der Waals surface area contributed by atoms with Crippen LogP contribution in [-0.2, 0) is 0 Å². The lowest BCUT2D eigenvalue weighted by molar-refractivity contribution is 0.673. The summed E-state index contributed by atoms with van der Waals surface area (Å²) in [6.07, 6.45) is 0. The molecule has 0 atom stereocenters. The van der Waals surface area contributed by atoms with Crippen LogP contribution in [0.3, 0.4) is 0 Å². The van der Waals surface area contributed by atoms with E-state index in [2.05, 4.69) is 181 Å². The second kappa shape index (κ2) is 11.2. The molecule has 0 unspecified atom stereocenters. The number of hydrogen-bond acceptors (Lipinski definition) is 3. The van der Waals surface area contributed by atoms with E-state index in [0.717, 1.165) is 55.5 Å². The predicted molar refractivity (Wildman–Crippen MR) is 210 cm³/mol. The number of rotatable bonds is 5. The number of anilines is 3. The Morgan fingerprint density at radius 1 is 0.429 bits per heavy atom. The molecule has 0 amide bonds. The van der Waals surface area contributed by atoms with E-state index < -0.39 is 0 Å². The molecule has 10 rings (SSSR count). The minimum absolute atomic E-state index is 0.900. The first-order valence-electron chi connectivity index (χ1n) is 16.6. The molecule has 10 aromatic rings. The third-order valence-electron chi connectivity index (χ3n) is 9.66. The van der Waals surface area contributed by atoms with Gasteiger partial charge in [-0.2, -0.15) is 0 Å². The lowest BCUT2D eigenvalue weighted by Crippen LogP contribution is -2.10. The average molecular weight is 644 g/mol. The molecule has 230 valence electrons. The van der Waals surface area contributed by atoms with Crippen LogP contribution >= 0.6 is 11.3 Å². The maximum Gasteiger partial charge on any atom is 0.143 e. The van der Waals surface area contributed by atoms with Crippen LogP contribution < -0.4 is 4.90 Å². The van der Waals surface area contributed by atoms with Crippen LogP contribution in [0.2, 0.25) is 0 Å². The van der Waals surface area contributed by atoms with Gasteiger partial charge in [0.05, 0.1) is 5.69 Å². The Kier molecular flexibility index (Phi) is 6.39. The largest absolute Gasteiger partial charge is 0.455 e. The summed E-state index contributed by atoms with van der Waals surface area (Å²) in [7, 11) is 0. The van der Waals surface area contributed by atoms with Crippen LogP contribution in [0, 0.1) is 0 Å². The van der Waals surface area contributed by atoms with Crippen LogP contribution in [0.1, 0.15) is 0 Å². The molecule has 8 aromatic carbocycles. The Labute approximate surface area is 287 Å². The normalized spacial score (nSPS) is 11.7. The Balaban J connectivity index is 1.19. The molecule has 0 N–H and O–H groups in total. The van der Waals surface area contributed by atoms with Gasteiger partial charge in [0, 0.05) is 47.7 Å². The summed E-state index contributed by atoms with van der Waals surface area (Å²) in [5, 5.41) is 7.15. The molecule has 0 spiro atoms. The van der Waals surface area contributed by atoms with Gasteiger partial charge in [-0.3, -0.25) is 0 Å². The molecule has 49 heavy (non-hydrogen) atoms. The third kappa shape index (κ3) is 4.55. The zero-order valence-corrected chi connectivity index (χ0v) is 27.3. The van der Waals surface area contributed by atoms with Crippen molar-refractivity contribution in [1.29, 1.82) is 0 Å². The fourth-order valence-electron chi connectivity index (χ4n) is 7.41. The van der Waals surface area contributed by atoms with Crippen molar-refractivity contribution in [1.82, 2.24) is 0 Å².